The standard InChI is InChI=1S/C18H16N6O2/c1-2-24-12-20-15-16(24)22-18(23-17(15)26-10-6-9-19)21-14(25)11-13-7-4-3-5-8-13/h2-5,7-8,12H,1,6,10-11H2,(H,21,22,23,25). The fourth-order valence-electron chi connectivity index (χ4n) is 2.32. The maximum atomic E-state index is 12.3. The molecule has 1 aromatic carbocycles. The van der Waals surface area contributed by atoms with Gasteiger partial charge in [-0.1, -0.05) is 36.9 Å². The van der Waals surface area contributed by atoms with Crippen LogP contribution in [-0.2, 0) is 11.2 Å². The molecule has 0 radical (unpaired) electrons. The van der Waals surface area contributed by atoms with E-state index in [2.05, 4.69) is 26.8 Å². The van der Waals surface area contributed by atoms with Crippen LogP contribution in [-0.4, -0.2) is 32.0 Å². The van der Waals surface area contributed by atoms with E-state index < -0.39 is 0 Å². The Kier molecular flexibility index (Phi) is 5.19. The van der Waals surface area contributed by atoms with E-state index in [0.717, 1.165) is 5.56 Å². The van der Waals surface area contributed by atoms with Crippen molar-refractivity contribution in [2.24, 2.45) is 0 Å². The van der Waals surface area contributed by atoms with Crippen molar-refractivity contribution < 1.29 is 9.53 Å². The number of carbonyl (C=O) groups excluding carboxylic acids is 1. The van der Waals surface area contributed by atoms with Crippen LogP contribution in [0, 0.1) is 11.3 Å². The topological polar surface area (TPSA) is 106 Å². The van der Waals surface area contributed by atoms with Crippen molar-refractivity contribution in [2.45, 2.75) is 12.8 Å². The Morgan fingerprint density at radius 2 is 2.15 bits per heavy atom. The molecular formula is C18H16N6O2. The molecule has 2 aromatic heterocycles. The van der Waals surface area contributed by atoms with Gasteiger partial charge in [-0.05, 0) is 5.56 Å². The number of benzene rings is 1. The molecule has 0 aliphatic carbocycles. The lowest BCUT2D eigenvalue weighted by atomic mass is 10.1. The Labute approximate surface area is 149 Å². The van der Waals surface area contributed by atoms with Crippen LogP contribution in [0.4, 0.5) is 5.95 Å². The molecule has 1 N–H and O–H groups in total. The largest absolute Gasteiger partial charge is 0.475 e. The summed E-state index contributed by atoms with van der Waals surface area (Å²) in [5.41, 5.74) is 1.77. The van der Waals surface area contributed by atoms with Gasteiger partial charge in [0.15, 0.2) is 11.2 Å². The first-order valence-electron chi connectivity index (χ1n) is 7.92. The summed E-state index contributed by atoms with van der Waals surface area (Å²) in [6.07, 6.45) is 3.48. The molecule has 3 rings (SSSR count). The minimum atomic E-state index is -0.247. The number of nitrogens with zero attached hydrogens (tertiary/aromatic N) is 5. The van der Waals surface area contributed by atoms with E-state index in [1.807, 2.05) is 36.4 Å². The lowest BCUT2D eigenvalue weighted by Gasteiger charge is -2.08. The molecule has 0 unspecified atom stereocenters. The molecule has 3 aromatic rings. The first-order valence-corrected chi connectivity index (χ1v) is 7.92. The lowest BCUT2D eigenvalue weighted by Crippen LogP contribution is -2.17. The molecule has 0 saturated carbocycles. The summed E-state index contributed by atoms with van der Waals surface area (Å²) in [6.45, 7) is 3.86. The SMILES string of the molecule is C=Cn1cnc2c(OCCC#N)nc(NC(=O)Cc3ccccc3)nc21. The van der Waals surface area contributed by atoms with Crippen LogP contribution < -0.4 is 10.1 Å². The molecule has 0 atom stereocenters. The first-order chi connectivity index (χ1) is 12.7. The Morgan fingerprint density at radius 1 is 1.35 bits per heavy atom. The highest BCUT2D eigenvalue weighted by molar-refractivity contribution is 5.92. The number of amides is 1. The number of hydrogen-bond donors (Lipinski definition) is 1. The molecule has 26 heavy (non-hydrogen) atoms. The van der Waals surface area contributed by atoms with E-state index in [9.17, 15) is 4.79 Å². The molecule has 2 heterocycles. The number of anilines is 1. The van der Waals surface area contributed by atoms with Gasteiger partial charge in [-0.25, -0.2) is 4.98 Å². The maximum absolute atomic E-state index is 12.3. The highest BCUT2D eigenvalue weighted by Crippen LogP contribution is 2.23. The van der Waals surface area contributed by atoms with Crippen LogP contribution in [0.3, 0.4) is 0 Å². The quantitative estimate of drug-likeness (QED) is 0.657. The van der Waals surface area contributed by atoms with Crippen molar-refractivity contribution in [3.8, 4) is 11.9 Å². The molecule has 8 heteroatoms. The van der Waals surface area contributed by atoms with Gasteiger partial charge in [0.1, 0.15) is 12.9 Å². The van der Waals surface area contributed by atoms with E-state index in [1.165, 1.54) is 12.5 Å². The van der Waals surface area contributed by atoms with Gasteiger partial charge in [-0.3, -0.25) is 14.7 Å². The summed E-state index contributed by atoms with van der Waals surface area (Å²) >= 11 is 0. The zero-order valence-corrected chi connectivity index (χ0v) is 13.9. The van der Waals surface area contributed by atoms with Crippen LogP contribution in [0.15, 0.2) is 43.2 Å². The summed E-state index contributed by atoms with van der Waals surface area (Å²) < 4.78 is 7.12. The zero-order valence-electron chi connectivity index (χ0n) is 13.9. The molecule has 0 aliphatic rings. The predicted molar refractivity (Wildman–Crippen MR) is 96.2 cm³/mol. The predicted octanol–water partition coefficient (Wildman–Crippen LogP) is 2.40. The van der Waals surface area contributed by atoms with Gasteiger partial charge in [0, 0.05) is 6.20 Å². The number of hydrogen-bond acceptors (Lipinski definition) is 6. The molecule has 0 saturated heterocycles. The normalized spacial score (nSPS) is 10.3. The van der Waals surface area contributed by atoms with Crippen molar-refractivity contribution in [1.29, 1.82) is 5.26 Å². The minimum absolute atomic E-state index is 0.106. The van der Waals surface area contributed by atoms with Crippen molar-refractivity contribution in [3.05, 3.63) is 48.8 Å². The highest BCUT2D eigenvalue weighted by Gasteiger charge is 2.15. The second-order valence-corrected chi connectivity index (χ2v) is 5.33. The Hall–Kier alpha value is -3.73. The van der Waals surface area contributed by atoms with Crippen molar-refractivity contribution in [1.82, 2.24) is 19.5 Å². The highest BCUT2D eigenvalue weighted by atomic mass is 16.5. The maximum Gasteiger partial charge on any atom is 0.247 e. The number of carbonyl (C=O) groups is 1. The molecule has 0 fully saturated rings. The van der Waals surface area contributed by atoms with Gasteiger partial charge >= 0.3 is 0 Å². The summed E-state index contributed by atoms with van der Waals surface area (Å²) in [5, 5.41) is 11.3. The minimum Gasteiger partial charge on any atom is -0.475 e. The fraction of sp³-hybridized carbons (Fsp3) is 0.167. The molecule has 8 nitrogen and oxygen atoms in total. The number of rotatable bonds is 7. The van der Waals surface area contributed by atoms with Gasteiger partial charge in [0.25, 0.3) is 0 Å². The Morgan fingerprint density at radius 3 is 2.88 bits per heavy atom. The summed E-state index contributed by atoms with van der Waals surface area (Å²) in [6, 6.07) is 11.4. The number of aromatic nitrogens is 4. The van der Waals surface area contributed by atoms with Gasteiger partial charge in [-0.15, -0.1) is 0 Å². The van der Waals surface area contributed by atoms with Crippen molar-refractivity contribution in [3.63, 3.8) is 0 Å². The lowest BCUT2D eigenvalue weighted by molar-refractivity contribution is -0.115. The summed E-state index contributed by atoms with van der Waals surface area (Å²) in [5.74, 6) is 0.0676. The van der Waals surface area contributed by atoms with Crippen LogP contribution in [0.5, 0.6) is 5.88 Å². The van der Waals surface area contributed by atoms with Crippen LogP contribution in [0.1, 0.15) is 12.0 Å². The third kappa shape index (κ3) is 3.84. The molecule has 0 aliphatic heterocycles. The van der Waals surface area contributed by atoms with E-state index in [-0.39, 0.29) is 37.2 Å². The van der Waals surface area contributed by atoms with Crippen LogP contribution in [0.25, 0.3) is 17.4 Å². The molecule has 0 spiro atoms. The number of fused-ring (bicyclic) bond motifs is 1. The van der Waals surface area contributed by atoms with E-state index in [0.29, 0.717) is 11.2 Å². The third-order valence-corrected chi connectivity index (χ3v) is 3.50. The monoisotopic (exact) mass is 348 g/mol. The van der Waals surface area contributed by atoms with E-state index >= 15 is 0 Å². The summed E-state index contributed by atoms with van der Waals surface area (Å²) in [7, 11) is 0. The van der Waals surface area contributed by atoms with E-state index in [4.69, 9.17) is 10.00 Å². The average molecular weight is 348 g/mol. The van der Waals surface area contributed by atoms with Gasteiger partial charge in [0.05, 0.1) is 18.9 Å². The summed E-state index contributed by atoms with van der Waals surface area (Å²) in [4.78, 5) is 25.0. The van der Waals surface area contributed by atoms with Crippen molar-refractivity contribution in [2.75, 3.05) is 11.9 Å². The number of imidazole rings is 1. The Balaban J connectivity index is 1.86. The smallest absolute Gasteiger partial charge is 0.247 e. The fourth-order valence-corrected chi connectivity index (χ4v) is 2.32. The van der Waals surface area contributed by atoms with Gasteiger partial charge < -0.3 is 4.74 Å². The first kappa shape index (κ1) is 17.1. The molecule has 1 amide bonds. The third-order valence-electron chi connectivity index (χ3n) is 3.50. The van der Waals surface area contributed by atoms with E-state index in [1.54, 1.807) is 4.57 Å². The number of nitriles is 1. The van der Waals surface area contributed by atoms with Gasteiger partial charge in [-0.2, -0.15) is 15.2 Å². The van der Waals surface area contributed by atoms with Crippen molar-refractivity contribution >= 4 is 29.2 Å². The zero-order chi connectivity index (χ0) is 18.4. The molecular weight excluding hydrogens is 332 g/mol. The van der Waals surface area contributed by atoms with Crippen LogP contribution in [0.2, 0.25) is 0 Å². The van der Waals surface area contributed by atoms with Gasteiger partial charge in [0.2, 0.25) is 17.7 Å². The second-order valence-electron chi connectivity index (χ2n) is 5.33. The second kappa shape index (κ2) is 7.90. The molecule has 0 bridgehead atoms. The molecule has 130 valence electrons. The Bertz CT molecular complexity index is 975. The van der Waals surface area contributed by atoms with Crippen LogP contribution >= 0.6 is 0 Å². The number of ether oxygens (including phenoxy) is 1. The number of nitrogens with one attached hydrogen (secondary N) is 1. The average Bonchev–Trinajstić information content (AvgIpc) is 3.06.